The van der Waals surface area contributed by atoms with E-state index in [1.165, 1.54) is 0 Å². The van der Waals surface area contributed by atoms with Crippen LogP contribution in [0.1, 0.15) is 0 Å². The molecule has 1 aromatic carbocycles. The van der Waals surface area contributed by atoms with Crippen LogP contribution in [0.3, 0.4) is 0 Å². The Balaban J connectivity index is 2.64. The van der Waals surface area contributed by atoms with Crippen molar-refractivity contribution < 1.29 is 0 Å². The van der Waals surface area contributed by atoms with E-state index in [0.717, 1.165) is 21.8 Å². The zero-order chi connectivity index (χ0) is 11.3. The quantitative estimate of drug-likeness (QED) is 0.636. The summed E-state index contributed by atoms with van der Waals surface area (Å²) in [6.07, 6.45) is 1.73. The first-order chi connectivity index (χ1) is 7.66. The Morgan fingerprint density at radius 2 is 2.00 bits per heavy atom. The van der Waals surface area contributed by atoms with Gasteiger partial charge in [0.25, 0.3) is 0 Å². The third-order valence-electron chi connectivity index (χ3n) is 2.88. The molecular weight excluding hydrogens is 224 g/mol. The maximum atomic E-state index is 11.3. The molecule has 2 aromatic heterocycles. The number of rotatable bonds is 0. The molecule has 1 N–H and O–H groups in total. The molecule has 3 aromatic rings. The molecule has 0 bridgehead atoms. The first kappa shape index (κ1) is 9.48. The lowest BCUT2D eigenvalue weighted by Crippen LogP contribution is -2.01. The van der Waals surface area contributed by atoms with Crippen LogP contribution in [0.2, 0.25) is 5.02 Å². The Bertz CT molecular complexity index is 755. The lowest BCUT2D eigenvalue weighted by atomic mass is 10.2. The Morgan fingerprint density at radius 3 is 2.81 bits per heavy atom. The summed E-state index contributed by atoms with van der Waals surface area (Å²) in [5.41, 5.74) is 1.94. The lowest BCUT2D eigenvalue weighted by molar-refractivity contribution is 1.01. The largest absolute Gasteiger partial charge is 0.342 e. The summed E-state index contributed by atoms with van der Waals surface area (Å²) >= 11 is 5.97. The highest BCUT2D eigenvalue weighted by molar-refractivity contribution is 6.31. The molecule has 80 valence electrons. The summed E-state index contributed by atoms with van der Waals surface area (Å²) in [5, 5.41) is 2.70. The fraction of sp³-hybridized carbons (Fsp3) is 0.0833. The maximum Gasteiger partial charge on any atom is 0.248 e. The Kier molecular flexibility index (Phi) is 1.85. The summed E-state index contributed by atoms with van der Waals surface area (Å²) < 4.78 is 2.02. The number of aryl methyl sites for hydroxylation is 1. The monoisotopic (exact) mass is 232 g/mol. The van der Waals surface area contributed by atoms with Crippen molar-refractivity contribution in [2.24, 2.45) is 7.05 Å². The van der Waals surface area contributed by atoms with Crippen molar-refractivity contribution in [3.8, 4) is 0 Å². The van der Waals surface area contributed by atoms with Gasteiger partial charge in [0, 0.05) is 35.1 Å². The van der Waals surface area contributed by atoms with Crippen LogP contribution in [0.25, 0.3) is 21.8 Å². The van der Waals surface area contributed by atoms with E-state index < -0.39 is 0 Å². The zero-order valence-corrected chi connectivity index (χ0v) is 9.38. The predicted molar refractivity (Wildman–Crippen MR) is 66.1 cm³/mol. The fourth-order valence-electron chi connectivity index (χ4n) is 2.10. The van der Waals surface area contributed by atoms with Crippen LogP contribution in [0.4, 0.5) is 0 Å². The fourth-order valence-corrected chi connectivity index (χ4v) is 2.26. The number of nitrogens with zero attached hydrogens (tertiary/aromatic N) is 1. The summed E-state index contributed by atoms with van der Waals surface area (Å²) in [7, 11) is 1.96. The van der Waals surface area contributed by atoms with E-state index in [1.54, 1.807) is 12.3 Å². The topological polar surface area (TPSA) is 37.8 Å². The van der Waals surface area contributed by atoms with Crippen molar-refractivity contribution in [1.29, 1.82) is 0 Å². The second-order valence-electron chi connectivity index (χ2n) is 3.82. The zero-order valence-electron chi connectivity index (χ0n) is 8.62. The molecular formula is C12H9ClN2O. The summed E-state index contributed by atoms with van der Waals surface area (Å²) in [4.78, 5) is 14.0. The number of benzene rings is 1. The minimum absolute atomic E-state index is 0.0880. The number of H-pyrrole nitrogens is 1. The molecule has 0 saturated heterocycles. The van der Waals surface area contributed by atoms with Gasteiger partial charge < -0.3 is 9.55 Å². The van der Waals surface area contributed by atoms with Gasteiger partial charge >= 0.3 is 0 Å². The molecule has 2 heterocycles. The van der Waals surface area contributed by atoms with Gasteiger partial charge in [-0.3, -0.25) is 4.79 Å². The molecule has 0 amide bonds. The van der Waals surface area contributed by atoms with E-state index >= 15 is 0 Å². The number of nitrogens with one attached hydrogen (secondary N) is 1. The van der Waals surface area contributed by atoms with Crippen LogP contribution < -0.4 is 5.56 Å². The highest BCUT2D eigenvalue weighted by Gasteiger charge is 2.08. The summed E-state index contributed by atoms with van der Waals surface area (Å²) in [6, 6.07) is 7.30. The van der Waals surface area contributed by atoms with Crippen LogP contribution in [0.15, 0.2) is 35.3 Å². The van der Waals surface area contributed by atoms with Gasteiger partial charge in [-0.1, -0.05) is 17.7 Å². The number of aromatic nitrogens is 2. The molecule has 4 heteroatoms. The minimum atomic E-state index is -0.0880. The van der Waals surface area contributed by atoms with Gasteiger partial charge in [0.2, 0.25) is 5.56 Å². The molecule has 3 nitrogen and oxygen atoms in total. The Hall–Kier alpha value is -1.74. The van der Waals surface area contributed by atoms with Crippen LogP contribution >= 0.6 is 11.6 Å². The van der Waals surface area contributed by atoms with E-state index in [-0.39, 0.29) is 5.56 Å². The molecule has 0 saturated carbocycles. The molecule has 0 fully saturated rings. The first-order valence-corrected chi connectivity index (χ1v) is 5.31. The molecule has 0 aliphatic rings. The molecule has 0 aliphatic heterocycles. The van der Waals surface area contributed by atoms with Crippen LogP contribution in [0.5, 0.6) is 0 Å². The van der Waals surface area contributed by atoms with Gasteiger partial charge in [0.1, 0.15) is 0 Å². The van der Waals surface area contributed by atoms with Crippen molar-refractivity contribution in [2.45, 2.75) is 0 Å². The highest BCUT2D eigenvalue weighted by atomic mass is 35.5. The molecule has 0 unspecified atom stereocenters. The number of fused-ring (bicyclic) bond motifs is 3. The SMILES string of the molecule is Cn1c2c[nH]c(=O)cc2c2ccc(Cl)cc21. The molecule has 0 aliphatic carbocycles. The van der Waals surface area contributed by atoms with Gasteiger partial charge in [0.15, 0.2) is 0 Å². The smallest absolute Gasteiger partial charge is 0.248 e. The Morgan fingerprint density at radius 1 is 1.19 bits per heavy atom. The number of hydrogen-bond acceptors (Lipinski definition) is 1. The van der Waals surface area contributed by atoms with Crippen molar-refractivity contribution in [3.05, 3.63) is 45.8 Å². The third kappa shape index (κ3) is 1.18. The second kappa shape index (κ2) is 3.12. The number of halogens is 1. The van der Waals surface area contributed by atoms with E-state index in [2.05, 4.69) is 4.98 Å². The van der Waals surface area contributed by atoms with Crippen LogP contribution in [0, 0.1) is 0 Å². The number of pyridine rings is 1. The first-order valence-electron chi connectivity index (χ1n) is 4.93. The molecule has 0 radical (unpaired) electrons. The molecule has 0 spiro atoms. The van der Waals surface area contributed by atoms with Gasteiger partial charge in [-0.2, -0.15) is 0 Å². The maximum absolute atomic E-state index is 11.3. The van der Waals surface area contributed by atoms with Gasteiger partial charge in [-0.15, -0.1) is 0 Å². The average molecular weight is 233 g/mol. The van der Waals surface area contributed by atoms with Crippen LogP contribution in [-0.2, 0) is 7.05 Å². The van der Waals surface area contributed by atoms with E-state index in [0.29, 0.717) is 5.02 Å². The summed E-state index contributed by atoms with van der Waals surface area (Å²) in [6.45, 7) is 0. The molecule has 3 rings (SSSR count). The standard InChI is InChI=1S/C12H9ClN2O/c1-15-10-4-7(13)2-3-8(10)9-5-12(16)14-6-11(9)15/h2-6H,1H3,(H,14,16). The predicted octanol–water partition coefficient (Wildman–Crippen LogP) is 2.67. The van der Waals surface area contributed by atoms with Gasteiger partial charge in [-0.05, 0) is 12.1 Å². The lowest BCUT2D eigenvalue weighted by Gasteiger charge is -1.97. The van der Waals surface area contributed by atoms with Crippen molar-refractivity contribution >= 4 is 33.4 Å². The van der Waals surface area contributed by atoms with E-state index in [4.69, 9.17) is 11.6 Å². The van der Waals surface area contributed by atoms with E-state index in [1.807, 2.05) is 29.8 Å². The highest BCUT2D eigenvalue weighted by Crippen LogP contribution is 2.28. The number of aromatic amines is 1. The van der Waals surface area contributed by atoms with Crippen molar-refractivity contribution in [2.75, 3.05) is 0 Å². The van der Waals surface area contributed by atoms with Crippen molar-refractivity contribution in [1.82, 2.24) is 9.55 Å². The second-order valence-corrected chi connectivity index (χ2v) is 4.25. The van der Waals surface area contributed by atoms with Crippen molar-refractivity contribution in [3.63, 3.8) is 0 Å². The minimum Gasteiger partial charge on any atom is -0.342 e. The normalized spacial score (nSPS) is 11.4. The van der Waals surface area contributed by atoms with E-state index in [9.17, 15) is 4.79 Å². The van der Waals surface area contributed by atoms with Gasteiger partial charge in [-0.25, -0.2) is 0 Å². The summed E-state index contributed by atoms with van der Waals surface area (Å²) in [5.74, 6) is 0. The Labute approximate surface area is 96.3 Å². The van der Waals surface area contributed by atoms with Gasteiger partial charge in [0.05, 0.1) is 11.0 Å². The molecule has 16 heavy (non-hydrogen) atoms. The average Bonchev–Trinajstić information content (AvgIpc) is 2.52. The third-order valence-corrected chi connectivity index (χ3v) is 3.11. The number of hydrogen-bond donors (Lipinski definition) is 1. The molecule has 0 atom stereocenters. The van der Waals surface area contributed by atoms with Crippen LogP contribution in [-0.4, -0.2) is 9.55 Å².